The molecule has 1 aliphatic rings. The summed E-state index contributed by atoms with van der Waals surface area (Å²) in [7, 11) is 1.66. The smallest absolute Gasteiger partial charge is 0.270 e. The molecule has 1 aliphatic carbocycles. The van der Waals surface area contributed by atoms with Gasteiger partial charge in [0.1, 0.15) is 5.69 Å². The number of rotatable bonds is 6. The first kappa shape index (κ1) is 13.8. The summed E-state index contributed by atoms with van der Waals surface area (Å²) in [4.78, 5) is 16.2. The van der Waals surface area contributed by atoms with Crippen molar-refractivity contribution in [3.63, 3.8) is 0 Å². The van der Waals surface area contributed by atoms with Gasteiger partial charge in [-0.3, -0.25) is 9.78 Å². The zero-order valence-electron chi connectivity index (χ0n) is 11.3. The van der Waals surface area contributed by atoms with Crippen LogP contribution >= 0.6 is 0 Å². The Labute approximate surface area is 113 Å². The van der Waals surface area contributed by atoms with Crippen LogP contribution in [0.3, 0.4) is 0 Å². The predicted molar refractivity (Wildman–Crippen MR) is 74.3 cm³/mol. The molecule has 0 bridgehead atoms. The highest BCUT2D eigenvalue weighted by Gasteiger charge is 2.18. The van der Waals surface area contributed by atoms with Gasteiger partial charge >= 0.3 is 0 Å². The van der Waals surface area contributed by atoms with Gasteiger partial charge in [-0.15, -0.1) is 0 Å². The Hall–Kier alpha value is -1.62. The van der Waals surface area contributed by atoms with Crippen molar-refractivity contribution in [3.05, 3.63) is 24.0 Å². The van der Waals surface area contributed by atoms with E-state index >= 15 is 0 Å². The van der Waals surface area contributed by atoms with Crippen LogP contribution in [0.4, 0.5) is 5.69 Å². The number of aromatic nitrogens is 1. The number of amides is 1. The van der Waals surface area contributed by atoms with E-state index in [4.69, 9.17) is 4.74 Å². The van der Waals surface area contributed by atoms with Crippen LogP contribution in [0.15, 0.2) is 18.3 Å². The summed E-state index contributed by atoms with van der Waals surface area (Å²) < 4.78 is 4.97. The second kappa shape index (κ2) is 7.09. The Bertz CT molecular complexity index is 417. The number of pyridine rings is 1. The van der Waals surface area contributed by atoms with Gasteiger partial charge in [0.2, 0.25) is 0 Å². The monoisotopic (exact) mass is 263 g/mol. The number of nitrogens with one attached hydrogen (secondary N) is 2. The number of ether oxygens (including phenoxy) is 1. The van der Waals surface area contributed by atoms with Crippen molar-refractivity contribution >= 4 is 11.6 Å². The fourth-order valence-corrected chi connectivity index (χ4v) is 2.29. The van der Waals surface area contributed by atoms with Crippen LogP contribution in [0.2, 0.25) is 0 Å². The molecule has 1 amide bonds. The van der Waals surface area contributed by atoms with Crippen molar-refractivity contribution in [3.8, 4) is 0 Å². The van der Waals surface area contributed by atoms with Crippen LogP contribution in [0.25, 0.3) is 0 Å². The van der Waals surface area contributed by atoms with Gasteiger partial charge in [-0.1, -0.05) is 12.8 Å². The van der Waals surface area contributed by atoms with Crippen molar-refractivity contribution < 1.29 is 9.53 Å². The molecule has 1 saturated carbocycles. The minimum atomic E-state index is -0.0812. The molecule has 0 radical (unpaired) electrons. The van der Waals surface area contributed by atoms with Crippen molar-refractivity contribution in [2.75, 3.05) is 25.6 Å². The van der Waals surface area contributed by atoms with E-state index < -0.39 is 0 Å². The van der Waals surface area contributed by atoms with E-state index in [-0.39, 0.29) is 5.91 Å². The molecule has 0 saturated heterocycles. The molecular formula is C14H21N3O2. The molecule has 0 aliphatic heterocycles. The van der Waals surface area contributed by atoms with Gasteiger partial charge in [0.15, 0.2) is 0 Å². The first-order valence-electron chi connectivity index (χ1n) is 6.79. The fourth-order valence-electron chi connectivity index (χ4n) is 2.29. The number of carbonyl (C=O) groups is 1. The first-order valence-corrected chi connectivity index (χ1v) is 6.79. The average Bonchev–Trinajstić information content (AvgIpc) is 2.92. The summed E-state index contributed by atoms with van der Waals surface area (Å²) in [5.74, 6) is -0.0812. The number of nitrogens with zero attached hydrogens (tertiary/aromatic N) is 1. The standard InChI is InChI=1S/C14H21N3O2/c1-19-9-8-15-12-6-7-16-13(10-12)14(18)17-11-4-2-3-5-11/h6-7,10-11H,2-5,8-9H2,1H3,(H,15,16)(H,17,18). The van der Waals surface area contributed by atoms with E-state index in [1.165, 1.54) is 12.8 Å². The lowest BCUT2D eigenvalue weighted by Gasteiger charge is -2.12. The SMILES string of the molecule is COCCNc1ccnc(C(=O)NC2CCCC2)c1. The number of methoxy groups -OCH3 is 1. The van der Waals surface area contributed by atoms with Gasteiger partial charge in [0.05, 0.1) is 6.61 Å². The van der Waals surface area contributed by atoms with E-state index in [9.17, 15) is 4.79 Å². The largest absolute Gasteiger partial charge is 0.383 e. The second-order valence-corrected chi connectivity index (χ2v) is 4.80. The Morgan fingerprint density at radius 3 is 3.00 bits per heavy atom. The van der Waals surface area contributed by atoms with Crippen molar-refractivity contribution in [2.45, 2.75) is 31.7 Å². The van der Waals surface area contributed by atoms with Crippen LogP contribution in [-0.2, 0) is 4.74 Å². The van der Waals surface area contributed by atoms with E-state index in [1.54, 1.807) is 19.4 Å². The lowest BCUT2D eigenvalue weighted by atomic mass is 10.2. The summed E-state index contributed by atoms with van der Waals surface area (Å²) in [5, 5.41) is 6.23. The predicted octanol–water partition coefficient (Wildman–Crippen LogP) is 1.81. The van der Waals surface area contributed by atoms with Gasteiger partial charge in [-0.05, 0) is 25.0 Å². The number of hydrogen-bond donors (Lipinski definition) is 2. The number of carbonyl (C=O) groups excluding carboxylic acids is 1. The summed E-state index contributed by atoms with van der Waals surface area (Å²) in [6, 6.07) is 3.95. The lowest BCUT2D eigenvalue weighted by Crippen LogP contribution is -2.33. The van der Waals surface area contributed by atoms with Gasteiger partial charge in [0.25, 0.3) is 5.91 Å². The van der Waals surface area contributed by atoms with Gasteiger partial charge < -0.3 is 15.4 Å². The van der Waals surface area contributed by atoms with Gasteiger partial charge in [0, 0.05) is 31.6 Å². The lowest BCUT2D eigenvalue weighted by molar-refractivity contribution is 0.0933. The molecule has 19 heavy (non-hydrogen) atoms. The van der Waals surface area contributed by atoms with Crippen molar-refractivity contribution in [2.24, 2.45) is 0 Å². The van der Waals surface area contributed by atoms with Gasteiger partial charge in [-0.2, -0.15) is 0 Å². The minimum absolute atomic E-state index is 0.0812. The molecule has 2 rings (SSSR count). The van der Waals surface area contributed by atoms with Crippen molar-refractivity contribution in [1.82, 2.24) is 10.3 Å². The van der Waals surface area contributed by atoms with E-state index in [0.29, 0.717) is 24.9 Å². The fraction of sp³-hybridized carbons (Fsp3) is 0.571. The molecule has 0 atom stereocenters. The molecule has 104 valence electrons. The maximum Gasteiger partial charge on any atom is 0.270 e. The van der Waals surface area contributed by atoms with Gasteiger partial charge in [-0.25, -0.2) is 0 Å². The van der Waals surface area contributed by atoms with Crippen LogP contribution in [0, 0.1) is 0 Å². The summed E-state index contributed by atoms with van der Waals surface area (Å²) in [6.07, 6.45) is 6.22. The molecule has 1 aromatic heterocycles. The molecule has 5 heteroatoms. The summed E-state index contributed by atoms with van der Waals surface area (Å²) in [6.45, 7) is 1.34. The zero-order chi connectivity index (χ0) is 13.5. The molecule has 1 fully saturated rings. The second-order valence-electron chi connectivity index (χ2n) is 4.80. The quantitative estimate of drug-likeness (QED) is 0.768. The number of hydrogen-bond acceptors (Lipinski definition) is 4. The maximum atomic E-state index is 12.1. The Kier molecular flexibility index (Phi) is 5.15. The highest BCUT2D eigenvalue weighted by molar-refractivity contribution is 5.93. The molecule has 0 unspecified atom stereocenters. The molecule has 0 spiro atoms. The van der Waals surface area contributed by atoms with Crippen LogP contribution in [0.5, 0.6) is 0 Å². The third kappa shape index (κ3) is 4.21. The van der Waals surface area contributed by atoms with Crippen molar-refractivity contribution in [1.29, 1.82) is 0 Å². The third-order valence-electron chi connectivity index (χ3n) is 3.32. The zero-order valence-corrected chi connectivity index (χ0v) is 11.3. The summed E-state index contributed by atoms with van der Waals surface area (Å²) >= 11 is 0. The van der Waals surface area contributed by atoms with E-state index in [2.05, 4.69) is 15.6 Å². The molecule has 2 N–H and O–H groups in total. The topological polar surface area (TPSA) is 63.2 Å². The van der Waals surface area contributed by atoms with Crippen LogP contribution in [0.1, 0.15) is 36.2 Å². The Morgan fingerprint density at radius 1 is 1.47 bits per heavy atom. The van der Waals surface area contributed by atoms with Crippen LogP contribution in [-0.4, -0.2) is 37.2 Å². The molecule has 0 aromatic carbocycles. The Balaban J connectivity index is 1.91. The molecule has 1 aromatic rings. The average molecular weight is 263 g/mol. The molecule has 1 heterocycles. The highest BCUT2D eigenvalue weighted by atomic mass is 16.5. The normalized spacial score (nSPS) is 15.4. The first-order chi connectivity index (χ1) is 9.29. The summed E-state index contributed by atoms with van der Waals surface area (Å²) in [5.41, 5.74) is 1.36. The maximum absolute atomic E-state index is 12.1. The van der Waals surface area contributed by atoms with E-state index in [0.717, 1.165) is 18.5 Å². The highest BCUT2D eigenvalue weighted by Crippen LogP contribution is 2.18. The molecule has 5 nitrogen and oxygen atoms in total. The number of anilines is 1. The minimum Gasteiger partial charge on any atom is -0.383 e. The molecular weight excluding hydrogens is 242 g/mol. The van der Waals surface area contributed by atoms with E-state index in [1.807, 2.05) is 6.07 Å². The third-order valence-corrected chi connectivity index (χ3v) is 3.32. The Morgan fingerprint density at radius 2 is 2.26 bits per heavy atom. The van der Waals surface area contributed by atoms with Crippen LogP contribution < -0.4 is 10.6 Å².